The van der Waals surface area contributed by atoms with E-state index < -0.39 is 5.97 Å². The fourth-order valence-corrected chi connectivity index (χ4v) is 2.95. The summed E-state index contributed by atoms with van der Waals surface area (Å²) in [6.45, 7) is 4.42. The van der Waals surface area contributed by atoms with Crippen LogP contribution in [0, 0.1) is 5.92 Å². The molecule has 5 nitrogen and oxygen atoms in total. The van der Waals surface area contributed by atoms with Gasteiger partial charge in [0.1, 0.15) is 12.4 Å². The zero-order chi connectivity index (χ0) is 20.2. The Balaban J connectivity index is 1.95. The number of unbranched alkanes of at least 4 members (excludes halogenated alkanes) is 1. The van der Waals surface area contributed by atoms with E-state index in [0.29, 0.717) is 19.6 Å². The van der Waals surface area contributed by atoms with E-state index in [2.05, 4.69) is 29.6 Å². The van der Waals surface area contributed by atoms with Gasteiger partial charge in [-0.25, -0.2) is 0 Å². The van der Waals surface area contributed by atoms with Gasteiger partial charge in [-0.3, -0.25) is 4.79 Å². The first-order valence-electron chi connectivity index (χ1n) is 9.82. The number of rotatable bonds is 13. The molecule has 1 unspecified atom stereocenters. The molecule has 28 heavy (non-hydrogen) atoms. The predicted molar refractivity (Wildman–Crippen MR) is 113 cm³/mol. The first-order chi connectivity index (χ1) is 13.6. The second-order valence-corrected chi connectivity index (χ2v) is 6.97. The molecule has 0 saturated heterocycles. The minimum Gasteiger partial charge on any atom is -0.489 e. The van der Waals surface area contributed by atoms with Gasteiger partial charge in [0.25, 0.3) is 0 Å². The second-order valence-electron chi connectivity index (χ2n) is 6.97. The van der Waals surface area contributed by atoms with Crippen LogP contribution in [-0.4, -0.2) is 44.5 Å². The van der Waals surface area contributed by atoms with Crippen LogP contribution in [0.4, 0.5) is 0 Å². The first kappa shape index (κ1) is 21.9. The predicted octanol–water partition coefficient (Wildman–Crippen LogP) is 4.27. The number of carbonyl (C=O) groups is 1. The van der Waals surface area contributed by atoms with Crippen molar-refractivity contribution in [2.75, 3.05) is 33.4 Å². The number of fused-ring (bicyclic) bond motifs is 1. The Morgan fingerprint density at radius 3 is 2.79 bits per heavy atom. The Morgan fingerprint density at radius 2 is 2.00 bits per heavy atom. The van der Waals surface area contributed by atoms with E-state index in [1.54, 1.807) is 14.0 Å². The number of benzene rings is 2. The lowest BCUT2D eigenvalue weighted by Gasteiger charge is -2.13. The number of allylic oxidation sites excluding steroid dienone is 1. The average molecular weight is 386 g/mol. The number of carboxylic acid groups (broad SMARTS) is 1. The molecule has 5 heteroatoms. The van der Waals surface area contributed by atoms with Gasteiger partial charge >= 0.3 is 5.97 Å². The van der Waals surface area contributed by atoms with Gasteiger partial charge in [0.2, 0.25) is 0 Å². The smallest absolute Gasteiger partial charge is 0.306 e. The van der Waals surface area contributed by atoms with Crippen molar-refractivity contribution < 1.29 is 19.4 Å². The van der Waals surface area contributed by atoms with Crippen LogP contribution in [0.1, 0.15) is 26.2 Å². The van der Waals surface area contributed by atoms with Crippen molar-refractivity contribution in [2.45, 2.75) is 26.2 Å². The third kappa shape index (κ3) is 7.33. The summed E-state index contributed by atoms with van der Waals surface area (Å²) >= 11 is 0. The quantitative estimate of drug-likeness (QED) is 0.398. The van der Waals surface area contributed by atoms with E-state index in [4.69, 9.17) is 14.6 Å². The molecule has 152 valence electrons. The molecule has 0 aliphatic carbocycles. The van der Waals surface area contributed by atoms with Crippen LogP contribution in [0.5, 0.6) is 5.75 Å². The molecule has 0 spiro atoms. The van der Waals surface area contributed by atoms with Crippen LogP contribution >= 0.6 is 0 Å². The van der Waals surface area contributed by atoms with Crippen molar-refractivity contribution >= 4 is 16.7 Å². The Morgan fingerprint density at radius 1 is 1.21 bits per heavy atom. The molecule has 0 aromatic heterocycles. The molecule has 2 aromatic carbocycles. The summed E-state index contributed by atoms with van der Waals surface area (Å²) in [5.41, 5.74) is 1.16. The zero-order valence-corrected chi connectivity index (χ0v) is 16.8. The molecule has 1 atom stereocenters. The first-order valence-corrected chi connectivity index (χ1v) is 9.82. The Kier molecular flexibility index (Phi) is 9.52. The fraction of sp³-hybridized carbons (Fsp3) is 0.435. The molecule has 0 aliphatic rings. The third-order valence-electron chi connectivity index (χ3n) is 4.69. The highest BCUT2D eigenvalue weighted by atomic mass is 16.5. The highest BCUT2D eigenvalue weighted by Gasteiger charge is 2.09. The minimum atomic E-state index is -0.732. The molecule has 0 saturated carbocycles. The number of aliphatic carboxylic acids is 1. The molecule has 0 fully saturated rings. The van der Waals surface area contributed by atoms with Gasteiger partial charge in [0.05, 0.1) is 12.5 Å². The molecule has 2 rings (SSSR count). The third-order valence-corrected chi connectivity index (χ3v) is 4.69. The van der Waals surface area contributed by atoms with Crippen molar-refractivity contribution in [2.24, 2.45) is 5.92 Å². The SMILES string of the molecule is COCCNCC(=CCCCC(C)C(=O)O)COc1cccc2ccccc12. The van der Waals surface area contributed by atoms with Crippen molar-refractivity contribution in [3.05, 3.63) is 54.1 Å². The van der Waals surface area contributed by atoms with Crippen LogP contribution < -0.4 is 10.1 Å². The molecular weight excluding hydrogens is 354 g/mol. The lowest BCUT2D eigenvalue weighted by Crippen LogP contribution is -2.24. The Labute approximate surface area is 167 Å². The van der Waals surface area contributed by atoms with Gasteiger partial charge in [-0.15, -0.1) is 0 Å². The summed E-state index contributed by atoms with van der Waals surface area (Å²) in [5.74, 6) is -0.159. The van der Waals surface area contributed by atoms with Gasteiger partial charge in [-0.2, -0.15) is 0 Å². The second kappa shape index (κ2) is 12.2. The van der Waals surface area contributed by atoms with Gasteiger partial charge in [0.15, 0.2) is 0 Å². The van der Waals surface area contributed by atoms with Crippen LogP contribution in [0.15, 0.2) is 54.1 Å². The molecule has 2 N–H and O–H groups in total. The molecule has 2 aromatic rings. The van der Waals surface area contributed by atoms with Crippen LogP contribution in [0.3, 0.4) is 0 Å². The number of nitrogens with one attached hydrogen (secondary N) is 1. The molecule has 0 aliphatic heterocycles. The molecule has 0 amide bonds. The van der Waals surface area contributed by atoms with Gasteiger partial charge in [0, 0.05) is 25.6 Å². The van der Waals surface area contributed by atoms with Crippen molar-refractivity contribution in [1.29, 1.82) is 0 Å². The average Bonchev–Trinajstić information content (AvgIpc) is 2.71. The number of carboxylic acids is 1. The van der Waals surface area contributed by atoms with E-state index in [1.807, 2.05) is 24.3 Å². The normalized spacial score (nSPS) is 12.9. The highest BCUT2D eigenvalue weighted by molar-refractivity contribution is 5.88. The Hall–Kier alpha value is -2.37. The van der Waals surface area contributed by atoms with Crippen LogP contribution in [0.25, 0.3) is 10.8 Å². The largest absolute Gasteiger partial charge is 0.489 e. The van der Waals surface area contributed by atoms with Crippen molar-refractivity contribution in [3.63, 3.8) is 0 Å². The van der Waals surface area contributed by atoms with Crippen molar-refractivity contribution in [1.82, 2.24) is 5.32 Å². The zero-order valence-electron chi connectivity index (χ0n) is 16.8. The van der Waals surface area contributed by atoms with Crippen LogP contribution in [0.2, 0.25) is 0 Å². The summed E-state index contributed by atoms with van der Waals surface area (Å²) in [7, 11) is 1.69. The molecule has 0 bridgehead atoms. The summed E-state index contributed by atoms with van der Waals surface area (Å²) < 4.78 is 11.2. The number of hydrogen-bond acceptors (Lipinski definition) is 4. The summed E-state index contributed by atoms with van der Waals surface area (Å²) in [4.78, 5) is 10.9. The molecule has 0 heterocycles. The van der Waals surface area contributed by atoms with E-state index in [0.717, 1.165) is 48.0 Å². The fourth-order valence-electron chi connectivity index (χ4n) is 2.95. The molecular formula is C23H31NO4. The number of methoxy groups -OCH3 is 1. The maximum absolute atomic E-state index is 10.9. The van der Waals surface area contributed by atoms with Crippen LogP contribution in [-0.2, 0) is 9.53 Å². The Bertz CT molecular complexity index is 767. The maximum Gasteiger partial charge on any atom is 0.306 e. The lowest BCUT2D eigenvalue weighted by atomic mass is 10.0. The summed E-state index contributed by atoms with van der Waals surface area (Å²) in [5, 5.41) is 14.6. The monoisotopic (exact) mass is 385 g/mol. The van der Waals surface area contributed by atoms with E-state index in [1.165, 1.54) is 0 Å². The van der Waals surface area contributed by atoms with E-state index in [9.17, 15) is 4.79 Å². The standard InChI is InChI=1S/C23H31NO4/c1-18(23(25)26)8-3-4-9-19(16-24-14-15-27-2)17-28-22-13-7-11-20-10-5-6-12-21(20)22/h5-7,9-13,18,24H,3-4,8,14-17H2,1-2H3,(H,25,26). The minimum absolute atomic E-state index is 0.302. The summed E-state index contributed by atoms with van der Waals surface area (Å²) in [6.07, 6.45) is 4.54. The van der Waals surface area contributed by atoms with E-state index in [-0.39, 0.29) is 5.92 Å². The number of hydrogen-bond donors (Lipinski definition) is 2. The highest BCUT2D eigenvalue weighted by Crippen LogP contribution is 2.25. The van der Waals surface area contributed by atoms with Gasteiger partial charge < -0.3 is 19.9 Å². The van der Waals surface area contributed by atoms with Gasteiger partial charge in [-0.05, 0) is 36.3 Å². The van der Waals surface area contributed by atoms with Crippen molar-refractivity contribution in [3.8, 4) is 5.75 Å². The lowest BCUT2D eigenvalue weighted by molar-refractivity contribution is -0.141. The topological polar surface area (TPSA) is 67.8 Å². The number of ether oxygens (including phenoxy) is 2. The summed E-state index contributed by atoms with van der Waals surface area (Å²) in [6, 6.07) is 14.3. The van der Waals surface area contributed by atoms with Gasteiger partial charge in [-0.1, -0.05) is 49.4 Å². The maximum atomic E-state index is 10.9. The molecule has 0 radical (unpaired) electrons. The van der Waals surface area contributed by atoms with E-state index >= 15 is 0 Å².